The molecule has 0 amide bonds. The number of hydrogen-bond acceptors (Lipinski definition) is 4. The molecule has 2 rings (SSSR count). The van der Waals surface area contributed by atoms with Gasteiger partial charge in [0.15, 0.2) is 0 Å². The van der Waals surface area contributed by atoms with Crippen molar-refractivity contribution in [1.29, 1.82) is 0 Å². The van der Waals surface area contributed by atoms with Gasteiger partial charge in [-0.05, 0) is 43.9 Å². The van der Waals surface area contributed by atoms with Crippen LogP contribution in [0, 0.1) is 6.92 Å². The van der Waals surface area contributed by atoms with Gasteiger partial charge < -0.3 is 5.32 Å². The summed E-state index contributed by atoms with van der Waals surface area (Å²) in [6, 6.07) is 2.39. The van der Waals surface area contributed by atoms with Crippen LogP contribution in [0.5, 0.6) is 0 Å². The van der Waals surface area contributed by atoms with Crippen LogP contribution < -0.4 is 5.32 Å². The van der Waals surface area contributed by atoms with Crippen LogP contribution in [0.25, 0.3) is 0 Å². The van der Waals surface area contributed by atoms with Gasteiger partial charge in [0.05, 0.1) is 5.75 Å². The first-order chi connectivity index (χ1) is 9.53. The third-order valence-corrected chi connectivity index (χ3v) is 5.82. The topological polar surface area (TPSA) is 62.3 Å². The van der Waals surface area contributed by atoms with Crippen molar-refractivity contribution in [2.45, 2.75) is 39.3 Å². The van der Waals surface area contributed by atoms with Crippen molar-refractivity contribution in [3.63, 3.8) is 0 Å². The van der Waals surface area contributed by atoms with Crippen molar-refractivity contribution in [3.05, 3.63) is 29.6 Å². The molecule has 0 unspecified atom stereocenters. The second kappa shape index (κ2) is 6.65. The zero-order chi connectivity index (χ0) is 14.6. The number of piperidine rings is 1. The maximum Gasteiger partial charge on any atom is 0.213 e. The molecule has 20 heavy (non-hydrogen) atoms. The van der Waals surface area contributed by atoms with E-state index in [4.69, 9.17) is 0 Å². The first kappa shape index (κ1) is 15.4. The molecule has 1 fully saturated rings. The second-order valence-corrected chi connectivity index (χ2v) is 7.51. The van der Waals surface area contributed by atoms with E-state index in [1.54, 1.807) is 17.4 Å². The molecule has 1 aromatic rings. The third kappa shape index (κ3) is 3.77. The first-order valence-corrected chi connectivity index (χ1v) is 8.74. The summed E-state index contributed by atoms with van der Waals surface area (Å²) >= 11 is 0. The van der Waals surface area contributed by atoms with Crippen molar-refractivity contribution in [2.75, 3.05) is 18.8 Å². The number of nitrogens with zero attached hydrogens (tertiary/aromatic N) is 2. The molecule has 1 aliphatic rings. The van der Waals surface area contributed by atoms with Crippen LogP contribution in [0.15, 0.2) is 18.5 Å². The lowest BCUT2D eigenvalue weighted by molar-refractivity contribution is 0.289. The van der Waals surface area contributed by atoms with Crippen molar-refractivity contribution in [3.8, 4) is 0 Å². The Morgan fingerprint density at radius 2 is 2.10 bits per heavy atom. The maximum atomic E-state index is 11.8. The summed E-state index contributed by atoms with van der Waals surface area (Å²) < 4.78 is 25.2. The number of sulfonamides is 1. The second-order valence-electron chi connectivity index (χ2n) is 5.26. The molecule has 0 saturated carbocycles. The number of hydrogen-bond donors (Lipinski definition) is 1. The Balaban J connectivity index is 1.82. The van der Waals surface area contributed by atoms with Gasteiger partial charge in [0.1, 0.15) is 0 Å². The molecule has 1 saturated heterocycles. The lowest BCUT2D eigenvalue weighted by Crippen LogP contribution is -2.45. The normalized spacial score (nSPS) is 18.3. The van der Waals surface area contributed by atoms with Gasteiger partial charge in [-0.25, -0.2) is 12.7 Å². The summed E-state index contributed by atoms with van der Waals surface area (Å²) in [4.78, 5) is 4.14. The average molecular weight is 297 g/mol. The quantitative estimate of drug-likeness (QED) is 0.889. The van der Waals surface area contributed by atoms with E-state index in [1.807, 2.05) is 12.3 Å². The van der Waals surface area contributed by atoms with E-state index in [2.05, 4.69) is 17.2 Å². The fraction of sp³-hybridized carbons (Fsp3) is 0.643. The minimum atomic E-state index is -3.02. The summed E-state index contributed by atoms with van der Waals surface area (Å²) in [6.45, 7) is 5.82. The minimum absolute atomic E-state index is 0.194. The summed E-state index contributed by atoms with van der Waals surface area (Å²) in [5.41, 5.74) is 2.44. The number of nitrogens with one attached hydrogen (secondary N) is 1. The van der Waals surface area contributed by atoms with Gasteiger partial charge in [-0.2, -0.15) is 0 Å². The predicted octanol–water partition coefficient (Wildman–Crippen LogP) is 1.29. The van der Waals surface area contributed by atoms with E-state index in [9.17, 15) is 8.42 Å². The summed E-state index contributed by atoms with van der Waals surface area (Å²) in [6.07, 6.45) is 5.43. The van der Waals surface area contributed by atoms with Crippen LogP contribution in [0.4, 0.5) is 0 Å². The predicted molar refractivity (Wildman–Crippen MR) is 79.9 cm³/mol. The molecule has 0 radical (unpaired) electrons. The fourth-order valence-corrected chi connectivity index (χ4v) is 3.59. The Morgan fingerprint density at radius 1 is 1.40 bits per heavy atom. The lowest BCUT2D eigenvalue weighted by Gasteiger charge is -2.31. The fourth-order valence-electron chi connectivity index (χ4n) is 2.46. The van der Waals surface area contributed by atoms with E-state index in [-0.39, 0.29) is 5.75 Å². The van der Waals surface area contributed by atoms with Gasteiger partial charge in [-0.3, -0.25) is 4.98 Å². The highest BCUT2D eigenvalue weighted by atomic mass is 32.2. The Morgan fingerprint density at radius 3 is 2.70 bits per heavy atom. The summed E-state index contributed by atoms with van der Waals surface area (Å²) in [7, 11) is -3.02. The van der Waals surface area contributed by atoms with E-state index in [0.717, 1.165) is 19.4 Å². The zero-order valence-corrected chi connectivity index (χ0v) is 13.0. The lowest BCUT2D eigenvalue weighted by atomic mass is 10.1. The Kier molecular flexibility index (Phi) is 5.12. The highest BCUT2D eigenvalue weighted by Crippen LogP contribution is 2.15. The number of aromatic nitrogens is 1. The average Bonchev–Trinajstić information content (AvgIpc) is 2.47. The smallest absolute Gasteiger partial charge is 0.213 e. The Bertz CT molecular complexity index is 537. The van der Waals surface area contributed by atoms with Gasteiger partial charge in [0.25, 0.3) is 0 Å². The van der Waals surface area contributed by atoms with E-state index in [1.165, 1.54) is 11.1 Å². The van der Waals surface area contributed by atoms with Gasteiger partial charge in [-0.1, -0.05) is 0 Å². The molecular weight excluding hydrogens is 274 g/mol. The van der Waals surface area contributed by atoms with Crippen LogP contribution in [-0.2, 0) is 16.6 Å². The minimum Gasteiger partial charge on any atom is -0.310 e. The standard InChI is InChI=1S/C14H23N3O2S/c1-3-20(18,19)17-8-5-14(6-9-17)16-11-13-10-15-7-4-12(13)2/h4,7,10,14,16H,3,5-6,8-9,11H2,1-2H3. The van der Waals surface area contributed by atoms with Crippen LogP contribution >= 0.6 is 0 Å². The molecule has 5 nitrogen and oxygen atoms in total. The molecule has 0 bridgehead atoms. The molecule has 2 heterocycles. The van der Waals surface area contributed by atoms with Crippen LogP contribution in [0.1, 0.15) is 30.9 Å². The van der Waals surface area contributed by atoms with E-state index < -0.39 is 10.0 Å². The van der Waals surface area contributed by atoms with Gasteiger partial charge in [0, 0.05) is 38.1 Å². The number of aryl methyl sites for hydroxylation is 1. The zero-order valence-electron chi connectivity index (χ0n) is 12.2. The first-order valence-electron chi connectivity index (χ1n) is 7.13. The molecule has 0 spiro atoms. The third-order valence-electron chi connectivity index (χ3n) is 3.94. The van der Waals surface area contributed by atoms with Gasteiger partial charge in [-0.15, -0.1) is 0 Å². The number of rotatable bonds is 5. The highest BCUT2D eigenvalue weighted by Gasteiger charge is 2.26. The summed E-state index contributed by atoms with van der Waals surface area (Å²) in [5, 5.41) is 3.51. The molecule has 112 valence electrons. The maximum absolute atomic E-state index is 11.8. The summed E-state index contributed by atoms with van der Waals surface area (Å²) in [5.74, 6) is 0.194. The van der Waals surface area contributed by atoms with E-state index in [0.29, 0.717) is 19.1 Å². The van der Waals surface area contributed by atoms with Crippen molar-refractivity contribution < 1.29 is 8.42 Å². The Labute approximate surface area is 121 Å². The largest absolute Gasteiger partial charge is 0.310 e. The van der Waals surface area contributed by atoms with Crippen LogP contribution in [-0.4, -0.2) is 42.6 Å². The molecule has 6 heteroatoms. The SMILES string of the molecule is CCS(=O)(=O)N1CCC(NCc2cnccc2C)CC1. The monoisotopic (exact) mass is 297 g/mol. The van der Waals surface area contributed by atoms with E-state index >= 15 is 0 Å². The molecular formula is C14H23N3O2S. The molecule has 0 aliphatic carbocycles. The van der Waals surface area contributed by atoms with Crippen molar-refractivity contribution >= 4 is 10.0 Å². The van der Waals surface area contributed by atoms with Gasteiger partial charge >= 0.3 is 0 Å². The van der Waals surface area contributed by atoms with Crippen LogP contribution in [0.3, 0.4) is 0 Å². The molecule has 1 N–H and O–H groups in total. The molecule has 1 aromatic heterocycles. The molecule has 0 atom stereocenters. The molecule has 0 aromatic carbocycles. The van der Waals surface area contributed by atoms with Gasteiger partial charge in [0.2, 0.25) is 10.0 Å². The van der Waals surface area contributed by atoms with Crippen molar-refractivity contribution in [2.24, 2.45) is 0 Å². The van der Waals surface area contributed by atoms with Crippen LogP contribution in [0.2, 0.25) is 0 Å². The number of pyridine rings is 1. The van der Waals surface area contributed by atoms with Crippen molar-refractivity contribution in [1.82, 2.24) is 14.6 Å². The Hall–Kier alpha value is -0.980. The molecule has 1 aliphatic heterocycles. The highest BCUT2D eigenvalue weighted by molar-refractivity contribution is 7.89.